The van der Waals surface area contributed by atoms with Gasteiger partial charge in [-0.3, -0.25) is 4.79 Å². The van der Waals surface area contributed by atoms with Gasteiger partial charge >= 0.3 is 5.97 Å². The molecule has 1 amide bonds. The lowest BCUT2D eigenvalue weighted by molar-refractivity contribution is -0.121. The second-order valence-corrected chi connectivity index (χ2v) is 7.12. The Hall–Kier alpha value is -2.33. The molecule has 0 aliphatic rings. The Morgan fingerprint density at radius 2 is 1.79 bits per heavy atom. The summed E-state index contributed by atoms with van der Waals surface area (Å²) in [6, 6.07) is 7.61. The summed E-state index contributed by atoms with van der Waals surface area (Å²) in [5.41, 5.74) is 2.32. The fourth-order valence-electron chi connectivity index (χ4n) is 2.53. The van der Waals surface area contributed by atoms with Crippen LogP contribution in [0.2, 0.25) is 15.1 Å². The van der Waals surface area contributed by atoms with Gasteiger partial charge in [0.05, 0.1) is 27.6 Å². The van der Waals surface area contributed by atoms with Gasteiger partial charge in [-0.25, -0.2) is 9.78 Å². The van der Waals surface area contributed by atoms with E-state index in [9.17, 15) is 9.59 Å². The number of carbonyl (C=O) groups excluding carboxylic acids is 2. The largest absolute Gasteiger partial charge is 0.451 e. The van der Waals surface area contributed by atoms with Crippen molar-refractivity contribution in [3.05, 3.63) is 56.3 Å². The van der Waals surface area contributed by atoms with Crippen molar-refractivity contribution in [1.82, 2.24) is 4.98 Å². The molecule has 0 aliphatic heterocycles. The zero-order valence-corrected chi connectivity index (χ0v) is 17.4. The van der Waals surface area contributed by atoms with Crippen LogP contribution < -0.4 is 4.90 Å². The maximum Gasteiger partial charge on any atom is 0.359 e. The Morgan fingerprint density at radius 3 is 2.39 bits per heavy atom. The van der Waals surface area contributed by atoms with Crippen molar-refractivity contribution >= 4 is 52.4 Å². The lowest BCUT2D eigenvalue weighted by Crippen LogP contribution is -2.35. The van der Waals surface area contributed by atoms with E-state index < -0.39 is 18.5 Å². The van der Waals surface area contributed by atoms with Crippen LogP contribution >= 0.6 is 34.8 Å². The molecule has 1 aromatic carbocycles. The standard InChI is InChI=1S/C19H16Cl3N3O3/c1-11-6-12(2)8-13(7-11)25(5-3-4-23)15(26)10-28-19(27)18-17(22)16(21)14(20)9-24-18/h6-9H,3,5,10H2,1-2H3. The van der Waals surface area contributed by atoms with Gasteiger partial charge in [-0.05, 0) is 37.1 Å². The van der Waals surface area contributed by atoms with Crippen molar-refractivity contribution in [2.45, 2.75) is 20.3 Å². The molecule has 1 heterocycles. The van der Waals surface area contributed by atoms with Crippen LogP contribution in [0.25, 0.3) is 0 Å². The van der Waals surface area contributed by atoms with Crippen molar-refractivity contribution in [1.29, 1.82) is 5.26 Å². The van der Waals surface area contributed by atoms with Crippen LogP contribution in [-0.4, -0.2) is 30.0 Å². The second-order valence-electron chi connectivity index (χ2n) is 5.96. The summed E-state index contributed by atoms with van der Waals surface area (Å²) >= 11 is 17.6. The average molecular weight is 441 g/mol. The number of nitrogens with zero attached hydrogens (tertiary/aromatic N) is 3. The number of benzene rings is 1. The molecule has 0 saturated carbocycles. The lowest BCUT2D eigenvalue weighted by Gasteiger charge is -2.22. The molecule has 2 rings (SSSR count). The van der Waals surface area contributed by atoms with Crippen LogP contribution in [0.3, 0.4) is 0 Å². The number of halogens is 3. The minimum absolute atomic E-state index is 0.0255. The number of ether oxygens (including phenoxy) is 1. The second kappa shape index (κ2) is 9.74. The van der Waals surface area contributed by atoms with Gasteiger partial charge in [-0.1, -0.05) is 40.9 Å². The first-order valence-corrected chi connectivity index (χ1v) is 9.30. The molecule has 0 radical (unpaired) electrons. The number of aryl methyl sites for hydroxylation is 2. The normalized spacial score (nSPS) is 10.3. The Bertz CT molecular complexity index is 937. The van der Waals surface area contributed by atoms with E-state index in [1.807, 2.05) is 38.1 Å². The highest BCUT2D eigenvalue weighted by Crippen LogP contribution is 2.31. The summed E-state index contributed by atoms with van der Waals surface area (Å²) in [6.45, 7) is 3.43. The van der Waals surface area contributed by atoms with Gasteiger partial charge < -0.3 is 9.64 Å². The van der Waals surface area contributed by atoms with Gasteiger partial charge in [0, 0.05) is 18.4 Å². The van der Waals surface area contributed by atoms with Crippen LogP contribution in [0.15, 0.2) is 24.4 Å². The van der Waals surface area contributed by atoms with Crippen LogP contribution in [0.4, 0.5) is 5.69 Å². The van der Waals surface area contributed by atoms with Crippen molar-refractivity contribution in [2.24, 2.45) is 0 Å². The van der Waals surface area contributed by atoms with Gasteiger partial charge in [-0.15, -0.1) is 0 Å². The Kier molecular flexibility index (Phi) is 7.64. The number of carbonyl (C=O) groups is 2. The summed E-state index contributed by atoms with van der Waals surface area (Å²) in [4.78, 5) is 30.1. The predicted molar refractivity (Wildman–Crippen MR) is 108 cm³/mol. The first-order chi connectivity index (χ1) is 13.2. The maximum absolute atomic E-state index is 12.7. The summed E-state index contributed by atoms with van der Waals surface area (Å²) in [7, 11) is 0. The molecular weight excluding hydrogens is 425 g/mol. The molecule has 146 valence electrons. The molecule has 0 unspecified atom stereocenters. The summed E-state index contributed by atoms with van der Waals surface area (Å²) in [6.07, 6.45) is 1.30. The summed E-state index contributed by atoms with van der Waals surface area (Å²) in [5.74, 6) is -1.39. The van der Waals surface area contributed by atoms with Crippen molar-refractivity contribution in [3.63, 3.8) is 0 Å². The molecule has 0 aliphatic carbocycles. The molecule has 0 N–H and O–H groups in total. The molecule has 6 nitrogen and oxygen atoms in total. The number of pyridine rings is 1. The minimum atomic E-state index is -0.905. The first-order valence-electron chi connectivity index (χ1n) is 8.16. The zero-order valence-electron chi connectivity index (χ0n) is 15.1. The van der Waals surface area contributed by atoms with Gasteiger partial charge in [0.15, 0.2) is 12.3 Å². The smallest absolute Gasteiger partial charge is 0.359 e. The van der Waals surface area contributed by atoms with E-state index in [1.165, 1.54) is 11.1 Å². The third kappa shape index (κ3) is 5.35. The first kappa shape index (κ1) is 22.0. The number of amides is 1. The Balaban J connectivity index is 2.16. The van der Waals surface area contributed by atoms with Crippen molar-refractivity contribution in [2.75, 3.05) is 18.1 Å². The third-order valence-electron chi connectivity index (χ3n) is 3.70. The molecular formula is C19H16Cl3N3O3. The number of anilines is 1. The molecule has 0 bridgehead atoms. The predicted octanol–water partition coefficient (Wildman–Crippen LogP) is 4.76. The Labute approximate surface area is 177 Å². The highest BCUT2D eigenvalue weighted by atomic mass is 35.5. The molecule has 28 heavy (non-hydrogen) atoms. The van der Waals surface area contributed by atoms with Gasteiger partial charge in [-0.2, -0.15) is 5.26 Å². The van der Waals surface area contributed by atoms with Crippen molar-refractivity contribution in [3.8, 4) is 6.07 Å². The van der Waals surface area contributed by atoms with E-state index in [2.05, 4.69) is 4.98 Å². The third-order valence-corrected chi connectivity index (χ3v) is 4.94. The number of nitriles is 1. The van der Waals surface area contributed by atoms with Crippen LogP contribution in [0.5, 0.6) is 0 Å². The fourth-order valence-corrected chi connectivity index (χ4v) is 3.08. The van der Waals surface area contributed by atoms with Gasteiger partial charge in [0.2, 0.25) is 0 Å². The summed E-state index contributed by atoms with van der Waals surface area (Å²) < 4.78 is 5.05. The number of rotatable bonds is 6. The fraction of sp³-hybridized carbons (Fsp3) is 0.263. The van der Waals surface area contributed by atoms with Crippen molar-refractivity contribution < 1.29 is 14.3 Å². The highest BCUT2D eigenvalue weighted by Gasteiger charge is 2.22. The maximum atomic E-state index is 12.7. The molecule has 9 heteroatoms. The number of aromatic nitrogens is 1. The molecule has 0 fully saturated rings. The van der Waals surface area contributed by atoms with Gasteiger partial charge in [0.1, 0.15) is 0 Å². The lowest BCUT2D eigenvalue weighted by atomic mass is 10.1. The van der Waals surface area contributed by atoms with E-state index in [1.54, 1.807) is 0 Å². The molecule has 2 aromatic rings. The van der Waals surface area contributed by atoms with E-state index in [4.69, 9.17) is 44.8 Å². The molecule has 0 saturated heterocycles. The quantitative estimate of drug-likeness (QED) is 0.605. The number of hydrogen-bond acceptors (Lipinski definition) is 5. The minimum Gasteiger partial charge on any atom is -0.451 e. The van der Waals surface area contributed by atoms with Gasteiger partial charge in [0.25, 0.3) is 5.91 Å². The van der Waals surface area contributed by atoms with E-state index >= 15 is 0 Å². The van der Waals surface area contributed by atoms with Crippen LogP contribution in [0.1, 0.15) is 28.0 Å². The van der Waals surface area contributed by atoms with E-state index in [0.29, 0.717) is 5.69 Å². The Morgan fingerprint density at radius 1 is 1.14 bits per heavy atom. The average Bonchev–Trinajstić information content (AvgIpc) is 2.64. The monoisotopic (exact) mass is 439 g/mol. The number of hydrogen-bond donors (Lipinski definition) is 0. The van der Waals surface area contributed by atoms with Crippen LogP contribution in [0, 0.1) is 25.2 Å². The zero-order chi connectivity index (χ0) is 20.8. The topological polar surface area (TPSA) is 83.3 Å². The summed E-state index contributed by atoms with van der Waals surface area (Å²) in [5, 5.41) is 8.80. The van der Waals surface area contributed by atoms with E-state index in [-0.39, 0.29) is 33.7 Å². The number of esters is 1. The highest BCUT2D eigenvalue weighted by molar-refractivity contribution is 6.48. The molecule has 0 spiro atoms. The van der Waals surface area contributed by atoms with Crippen LogP contribution in [-0.2, 0) is 9.53 Å². The SMILES string of the molecule is Cc1cc(C)cc(N(CCC#N)C(=O)COC(=O)c2ncc(Cl)c(Cl)c2Cl)c1. The van der Waals surface area contributed by atoms with E-state index in [0.717, 1.165) is 11.1 Å². The molecule has 1 aromatic heterocycles. The molecule has 0 atom stereocenters.